The van der Waals surface area contributed by atoms with Crippen LogP contribution in [0.4, 0.5) is 0 Å². The monoisotopic (exact) mass is 342 g/mol. The Morgan fingerprint density at radius 2 is 0.773 bits per heavy atom. The Balaban J connectivity index is 0.000000847. The fourth-order valence-corrected chi connectivity index (χ4v) is 12.0. The molecule has 1 nitrogen and oxygen atoms in total. The van der Waals surface area contributed by atoms with Gasteiger partial charge in [0.15, 0.2) is 0 Å². The highest BCUT2D eigenvalue weighted by atomic mass is 31.2. The van der Waals surface area contributed by atoms with E-state index in [1.165, 1.54) is 36.2 Å². The first-order valence-electron chi connectivity index (χ1n) is 10.2. The Labute approximate surface area is 143 Å². The Bertz CT molecular complexity index is 246. The van der Waals surface area contributed by atoms with Crippen LogP contribution in [0.2, 0.25) is 0 Å². The lowest BCUT2D eigenvalue weighted by Crippen LogP contribution is -2.35. The fourth-order valence-electron chi connectivity index (χ4n) is 5.81. The minimum absolute atomic E-state index is 0.696. The van der Waals surface area contributed by atoms with E-state index in [1.54, 1.807) is 77.0 Å². The third-order valence-electron chi connectivity index (χ3n) is 7.08. The molecule has 2 N–H and O–H groups in total. The molecule has 3 aliphatic rings. The van der Waals surface area contributed by atoms with E-state index >= 15 is 0 Å². The minimum atomic E-state index is -0.696. The molecule has 0 aromatic heterocycles. The SMILES string of the molecule is C[P+](C1CCCCC1)(C1CCCCC1)C1CCCCC1.N[SiH3]. The molecule has 0 bridgehead atoms. The molecule has 130 valence electrons. The highest BCUT2D eigenvalue weighted by Gasteiger charge is 2.53. The maximum atomic E-state index is 4.64. The number of rotatable bonds is 3. The van der Waals surface area contributed by atoms with E-state index in [-0.39, 0.29) is 0 Å². The van der Waals surface area contributed by atoms with Crippen LogP contribution in [0.1, 0.15) is 96.3 Å². The number of hydrogen-bond donors (Lipinski definition) is 1. The van der Waals surface area contributed by atoms with Crippen LogP contribution in [0.3, 0.4) is 0 Å². The van der Waals surface area contributed by atoms with Gasteiger partial charge in [0.05, 0.1) is 27.4 Å². The third-order valence-corrected chi connectivity index (χ3v) is 13.4. The van der Waals surface area contributed by atoms with Gasteiger partial charge in [-0.25, -0.2) is 0 Å². The van der Waals surface area contributed by atoms with Crippen molar-refractivity contribution in [2.75, 3.05) is 6.66 Å². The average Bonchev–Trinajstić information content (AvgIpc) is 2.65. The van der Waals surface area contributed by atoms with Gasteiger partial charge in [0.25, 0.3) is 0 Å². The van der Waals surface area contributed by atoms with E-state index in [0.29, 0.717) is 0 Å². The molecule has 0 atom stereocenters. The molecule has 3 aliphatic carbocycles. The zero-order chi connectivity index (χ0) is 15.8. The van der Waals surface area contributed by atoms with Gasteiger partial charge in [-0.1, -0.05) is 19.3 Å². The van der Waals surface area contributed by atoms with Crippen LogP contribution in [0, 0.1) is 0 Å². The molecule has 0 radical (unpaired) electrons. The summed E-state index contributed by atoms with van der Waals surface area (Å²) in [5.41, 5.74) is 3.55. The van der Waals surface area contributed by atoms with Crippen molar-refractivity contribution in [2.24, 2.45) is 5.40 Å². The first-order chi connectivity index (χ1) is 10.8. The van der Waals surface area contributed by atoms with Gasteiger partial charge < -0.3 is 5.40 Å². The van der Waals surface area contributed by atoms with Crippen molar-refractivity contribution in [3.8, 4) is 0 Å². The maximum Gasteiger partial charge on any atom is 0.0716 e. The van der Waals surface area contributed by atoms with Crippen LogP contribution in [-0.4, -0.2) is 34.0 Å². The van der Waals surface area contributed by atoms with Gasteiger partial charge in [0, 0.05) is 13.9 Å². The van der Waals surface area contributed by atoms with Gasteiger partial charge in [-0.2, -0.15) is 0 Å². The average molecular weight is 343 g/mol. The van der Waals surface area contributed by atoms with Crippen molar-refractivity contribution in [1.29, 1.82) is 0 Å². The van der Waals surface area contributed by atoms with Crippen LogP contribution in [0.15, 0.2) is 0 Å². The van der Waals surface area contributed by atoms with Gasteiger partial charge >= 0.3 is 0 Å². The summed E-state index contributed by atoms with van der Waals surface area (Å²) in [7, 11) is 0.110. The zero-order valence-corrected chi connectivity index (χ0v) is 18.3. The normalized spacial score (nSPS) is 26.5. The van der Waals surface area contributed by atoms with Crippen LogP contribution >= 0.6 is 7.26 Å². The zero-order valence-electron chi connectivity index (χ0n) is 15.4. The Morgan fingerprint density at radius 3 is 1.00 bits per heavy atom. The molecule has 22 heavy (non-hydrogen) atoms. The molecule has 3 heteroatoms. The molecule has 0 unspecified atom stereocenters. The lowest BCUT2D eigenvalue weighted by Gasteiger charge is -2.46. The molecule has 0 amide bonds. The summed E-state index contributed by atoms with van der Waals surface area (Å²) in [6.45, 7) is 2.87. The number of nitrogens with two attached hydrogens (primary N) is 1. The van der Waals surface area contributed by atoms with Crippen LogP contribution in [-0.2, 0) is 0 Å². The Hall–Kier alpha value is 0.607. The maximum absolute atomic E-state index is 4.64. The molecule has 0 heterocycles. The van der Waals surface area contributed by atoms with Crippen molar-refractivity contribution >= 4 is 17.7 Å². The largest absolute Gasteiger partial charge is 0.358 e. The van der Waals surface area contributed by atoms with Crippen molar-refractivity contribution in [2.45, 2.75) is 113 Å². The second kappa shape index (κ2) is 9.79. The third kappa shape index (κ3) is 4.36. The summed E-state index contributed by atoms with van der Waals surface area (Å²) in [5.74, 6) is 0. The van der Waals surface area contributed by atoms with Gasteiger partial charge in [-0.3, -0.25) is 0 Å². The predicted octanol–water partition coefficient (Wildman–Crippen LogP) is 4.86. The fraction of sp³-hybridized carbons (Fsp3) is 1.00. The molecule has 0 saturated heterocycles. The quantitative estimate of drug-likeness (QED) is 0.575. The molecular formula is C19H41NPSi+. The van der Waals surface area contributed by atoms with Gasteiger partial charge in [0.1, 0.15) is 0 Å². The molecule has 0 spiro atoms. The predicted molar refractivity (Wildman–Crippen MR) is 108 cm³/mol. The summed E-state index contributed by atoms with van der Waals surface area (Å²) in [4.78, 5) is 0. The first-order valence-corrected chi connectivity index (χ1v) is 13.8. The molecular weight excluding hydrogens is 301 g/mol. The molecule has 3 rings (SSSR count). The van der Waals surface area contributed by atoms with Crippen molar-refractivity contribution in [3.05, 3.63) is 0 Å². The Morgan fingerprint density at radius 1 is 0.545 bits per heavy atom. The minimum Gasteiger partial charge on any atom is -0.358 e. The smallest absolute Gasteiger partial charge is 0.0716 e. The molecule has 3 saturated carbocycles. The summed E-state index contributed by atoms with van der Waals surface area (Å²) in [5, 5.41) is 4.64. The molecule has 0 aromatic carbocycles. The first kappa shape index (κ1) is 18.9. The topological polar surface area (TPSA) is 26.0 Å². The lowest BCUT2D eigenvalue weighted by atomic mass is 9.99. The van der Waals surface area contributed by atoms with E-state index in [1.807, 2.05) is 0 Å². The highest BCUT2D eigenvalue weighted by molar-refractivity contribution is 7.77. The van der Waals surface area contributed by atoms with Crippen LogP contribution in [0.5, 0.6) is 0 Å². The second-order valence-corrected chi connectivity index (χ2v) is 12.7. The van der Waals surface area contributed by atoms with E-state index in [4.69, 9.17) is 0 Å². The highest BCUT2D eigenvalue weighted by Crippen LogP contribution is 2.74. The standard InChI is InChI=1S/C19H36P.H5NSi/c1-20(17-11-5-2-6-12-17,18-13-7-3-8-14-18)19-15-9-4-10-16-19;1-2/h17-19H,2-16H2,1H3;1H2,2H3/q+1;. The van der Waals surface area contributed by atoms with E-state index in [0.717, 1.165) is 10.4 Å². The molecule has 0 aliphatic heterocycles. The van der Waals surface area contributed by atoms with E-state index in [9.17, 15) is 0 Å². The molecule has 3 fully saturated rings. The summed E-state index contributed by atoms with van der Waals surface area (Å²) in [6, 6.07) is 0. The van der Waals surface area contributed by atoms with Crippen molar-refractivity contribution < 1.29 is 0 Å². The summed E-state index contributed by atoms with van der Waals surface area (Å²) >= 11 is 0. The van der Waals surface area contributed by atoms with Crippen molar-refractivity contribution in [3.63, 3.8) is 0 Å². The number of hydrogen-bond acceptors (Lipinski definition) is 1. The van der Waals surface area contributed by atoms with Gasteiger partial charge in [-0.15, -0.1) is 0 Å². The van der Waals surface area contributed by atoms with Gasteiger partial charge in [0.2, 0.25) is 0 Å². The molecule has 0 aromatic rings. The van der Waals surface area contributed by atoms with E-state index in [2.05, 4.69) is 12.1 Å². The Kier molecular flexibility index (Phi) is 8.43. The van der Waals surface area contributed by atoms with Crippen LogP contribution in [0.25, 0.3) is 0 Å². The second-order valence-electron chi connectivity index (χ2n) is 8.10. The summed E-state index contributed by atoms with van der Waals surface area (Å²) in [6.07, 6.45) is 23.6. The van der Waals surface area contributed by atoms with E-state index < -0.39 is 7.26 Å². The lowest BCUT2D eigenvalue weighted by molar-refractivity contribution is 0.453. The van der Waals surface area contributed by atoms with Crippen molar-refractivity contribution in [1.82, 2.24) is 0 Å². The van der Waals surface area contributed by atoms with Gasteiger partial charge in [-0.05, 0) is 77.0 Å². The van der Waals surface area contributed by atoms with Crippen LogP contribution < -0.4 is 5.40 Å². The summed E-state index contributed by atoms with van der Waals surface area (Å²) < 4.78 is 0.